The smallest absolute Gasteiger partial charge is 0.281 e. The van der Waals surface area contributed by atoms with Gasteiger partial charge in [0.15, 0.2) is 0 Å². The number of hydrogen-bond donors (Lipinski definition) is 0. The first kappa shape index (κ1) is 12.4. The Hall–Kier alpha value is -0.120. The van der Waals surface area contributed by atoms with E-state index in [0.717, 1.165) is 0 Å². The Morgan fingerprint density at radius 3 is 2.35 bits per heavy atom. The maximum absolute atomic E-state index is 6.61. The maximum Gasteiger partial charge on any atom is 0.281 e. The highest BCUT2D eigenvalue weighted by atomic mass is 16.9. The molecule has 3 saturated heterocycles. The number of ether oxygens (including phenoxy) is 3. The summed E-state index contributed by atoms with van der Waals surface area (Å²) in [6.45, 7) is 2.04. The van der Waals surface area contributed by atoms with Crippen LogP contribution >= 0.6 is 0 Å². The first-order chi connectivity index (χ1) is 9.60. The largest absolute Gasteiger partial charge is 0.321 e. The predicted octanol–water partition coefficient (Wildman–Crippen LogP) is 3.90. The molecule has 0 amide bonds. The SMILES string of the molecule is CC12OC34CCCC3CC3(CCCCC3(CCC4)O1)O2. The van der Waals surface area contributed by atoms with Gasteiger partial charge in [-0.05, 0) is 57.3 Å². The van der Waals surface area contributed by atoms with Crippen LogP contribution in [-0.4, -0.2) is 22.8 Å². The highest BCUT2D eigenvalue weighted by Gasteiger charge is 2.71. The fraction of sp³-hybridized carbons (Fsp3) is 1.00. The van der Waals surface area contributed by atoms with Gasteiger partial charge in [0.1, 0.15) is 11.2 Å². The van der Waals surface area contributed by atoms with Crippen molar-refractivity contribution < 1.29 is 14.2 Å². The normalized spacial score (nSPS) is 60.8. The van der Waals surface area contributed by atoms with E-state index >= 15 is 0 Å². The van der Waals surface area contributed by atoms with Crippen molar-refractivity contribution in [2.75, 3.05) is 0 Å². The van der Waals surface area contributed by atoms with E-state index in [0.29, 0.717) is 5.92 Å². The molecular weight excluding hydrogens is 252 g/mol. The molecule has 3 saturated carbocycles. The summed E-state index contributed by atoms with van der Waals surface area (Å²) >= 11 is 0. The molecule has 5 unspecified atom stereocenters. The Kier molecular flexibility index (Phi) is 2.24. The van der Waals surface area contributed by atoms with Crippen molar-refractivity contribution in [2.45, 2.75) is 100 Å². The topological polar surface area (TPSA) is 27.7 Å². The molecule has 3 heterocycles. The Labute approximate surface area is 121 Å². The summed E-state index contributed by atoms with van der Waals surface area (Å²) < 4.78 is 19.8. The van der Waals surface area contributed by atoms with E-state index in [1.165, 1.54) is 70.6 Å². The van der Waals surface area contributed by atoms with Gasteiger partial charge in [0.05, 0.1) is 5.60 Å². The highest BCUT2D eigenvalue weighted by Crippen LogP contribution is 2.65. The highest BCUT2D eigenvalue weighted by molar-refractivity contribution is 5.16. The van der Waals surface area contributed by atoms with Gasteiger partial charge in [-0.2, -0.15) is 0 Å². The number of hydrogen-bond acceptors (Lipinski definition) is 3. The Bertz CT molecular complexity index is 452. The van der Waals surface area contributed by atoms with Gasteiger partial charge >= 0.3 is 0 Å². The van der Waals surface area contributed by atoms with Crippen molar-refractivity contribution >= 4 is 0 Å². The molecule has 6 fully saturated rings. The number of rotatable bonds is 0. The third kappa shape index (κ3) is 1.33. The molecule has 6 aliphatic rings. The summed E-state index contributed by atoms with van der Waals surface area (Å²) in [5.41, 5.74) is -0.0331. The van der Waals surface area contributed by atoms with Gasteiger partial charge in [-0.1, -0.05) is 19.3 Å². The van der Waals surface area contributed by atoms with Crippen LogP contribution in [0.3, 0.4) is 0 Å². The fourth-order valence-electron chi connectivity index (χ4n) is 6.43. The van der Waals surface area contributed by atoms with Gasteiger partial charge in [-0.25, -0.2) is 0 Å². The molecule has 3 aliphatic heterocycles. The quantitative estimate of drug-likeness (QED) is 0.672. The second-order valence-electron chi connectivity index (χ2n) is 8.08. The molecule has 3 spiro atoms. The van der Waals surface area contributed by atoms with Gasteiger partial charge < -0.3 is 14.2 Å². The average Bonchev–Trinajstić information content (AvgIpc) is 2.81. The van der Waals surface area contributed by atoms with Crippen LogP contribution in [0.2, 0.25) is 0 Å². The van der Waals surface area contributed by atoms with Gasteiger partial charge in [0.25, 0.3) is 5.97 Å². The summed E-state index contributed by atoms with van der Waals surface area (Å²) in [5.74, 6) is -0.0740. The zero-order valence-electron chi connectivity index (χ0n) is 12.6. The average molecular weight is 278 g/mol. The summed E-state index contributed by atoms with van der Waals surface area (Å²) in [7, 11) is 0. The maximum atomic E-state index is 6.61. The van der Waals surface area contributed by atoms with E-state index in [4.69, 9.17) is 14.2 Å². The Balaban J connectivity index is 1.69. The molecule has 20 heavy (non-hydrogen) atoms. The van der Waals surface area contributed by atoms with Crippen molar-refractivity contribution in [2.24, 2.45) is 5.92 Å². The zero-order valence-corrected chi connectivity index (χ0v) is 12.6. The molecule has 3 aliphatic carbocycles. The summed E-state index contributed by atoms with van der Waals surface area (Å²) in [5, 5.41) is 0. The van der Waals surface area contributed by atoms with Gasteiger partial charge in [-0.15, -0.1) is 0 Å². The van der Waals surface area contributed by atoms with Crippen molar-refractivity contribution in [1.82, 2.24) is 0 Å². The second kappa shape index (κ2) is 3.61. The Morgan fingerprint density at radius 2 is 1.45 bits per heavy atom. The van der Waals surface area contributed by atoms with E-state index in [9.17, 15) is 0 Å². The lowest BCUT2D eigenvalue weighted by Gasteiger charge is -2.52. The molecule has 0 N–H and O–H groups in total. The van der Waals surface area contributed by atoms with Crippen molar-refractivity contribution in [3.63, 3.8) is 0 Å². The third-order valence-electron chi connectivity index (χ3n) is 7.05. The van der Waals surface area contributed by atoms with Crippen LogP contribution in [0.1, 0.15) is 77.6 Å². The minimum atomic E-state index is -0.774. The summed E-state index contributed by atoms with van der Waals surface area (Å²) in [6, 6.07) is 0. The zero-order chi connectivity index (χ0) is 13.5. The molecule has 4 bridgehead atoms. The van der Waals surface area contributed by atoms with Crippen LogP contribution in [0.15, 0.2) is 0 Å². The molecule has 6 rings (SSSR count). The molecule has 5 atom stereocenters. The van der Waals surface area contributed by atoms with E-state index in [-0.39, 0.29) is 16.8 Å². The van der Waals surface area contributed by atoms with Crippen LogP contribution in [0.4, 0.5) is 0 Å². The first-order valence-corrected chi connectivity index (χ1v) is 8.70. The lowest BCUT2D eigenvalue weighted by Crippen LogP contribution is -2.58. The van der Waals surface area contributed by atoms with Crippen LogP contribution < -0.4 is 0 Å². The second-order valence-corrected chi connectivity index (χ2v) is 8.08. The third-order valence-corrected chi connectivity index (χ3v) is 7.05. The predicted molar refractivity (Wildman–Crippen MR) is 74.1 cm³/mol. The van der Waals surface area contributed by atoms with E-state index in [1.807, 2.05) is 6.92 Å². The summed E-state index contributed by atoms with van der Waals surface area (Å²) in [6.07, 6.45) is 13.6. The molecular formula is C17H26O3. The molecule has 112 valence electrons. The molecule has 0 aromatic rings. The standard InChI is InChI=1S/C17H26O3/c1-14-18-15-7-4-6-13(15)12-17(20-14)10-3-2-9-16(17,19-14)11-5-8-15/h13H,2-12H2,1H3. The lowest BCUT2D eigenvalue weighted by atomic mass is 9.62. The van der Waals surface area contributed by atoms with E-state index in [2.05, 4.69) is 0 Å². The van der Waals surface area contributed by atoms with Crippen LogP contribution in [0.5, 0.6) is 0 Å². The van der Waals surface area contributed by atoms with Gasteiger partial charge in [0.2, 0.25) is 0 Å². The van der Waals surface area contributed by atoms with Crippen LogP contribution in [-0.2, 0) is 14.2 Å². The van der Waals surface area contributed by atoms with E-state index in [1.54, 1.807) is 0 Å². The monoisotopic (exact) mass is 278 g/mol. The van der Waals surface area contributed by atoms with Crippen molar-refractivity contribution in [3.8, 4) is 0 Å². The molecule has 3 heteroatoms. The van der Waals surface area contributed by atoms with Gasteiger partial charge in [0, 0.05) is 6.92 Å². The van der Waals surface area contributed by atoms with Crippen molar-refractivity contribution in [3.05, 3.63) is 0 Å². The minimum Gasteiger partial charge on any atom is -0.321 e. The number of fused-ring (bicyclic) bond motifs is 2. The van der Waals surface area contributed by atoms with Gasteiger partial charge in [-0.3, -0.25) is 0 Å². The molecule has 0 aromatic carbocycles. The molecule has 3 nitrogen and oxygen atoms in total. The fourth-order valence-corrected chi connectivity index (χ4v) is 6.43. The van der Waals surface area contributed by atoms with E-state index < -0.39 is 5.97 Å². The van der Waals surface area contributed by atoms with Crippen LogP contribution in [0.25, 0.3) is 0 Å². The first-order valence-electron chi connectivity index (χ1n) is 8.70. The van der Waals surface area contributed by atoms with Crippen LogP contribution in [0, 0.1) is 5.92 Å². The lowest BCUT2D eigenvalue weighted by molar-refractivity contribution is -0.380. The minimum absolute atomic E-state index is 0.0445. The summed E-state index contributed by atoms with van der Waals surface area (Å²) in [4.78, 5) is 0. The Morgan fingerprint density at radius 1 is 0.750 bits per heavy atom. The van der Waals surface area contributed by atoms with Crippen molar-refractivity contribution in [1.29, 1.82) is 0 Å². The molecule has 0 radical (unpaired) electrons. The molecule has 0 aromatic heterocycles.